The predicted octanol–water partition coefficient (Wildman–Crippen LogP) is 3.56. The van der Waals surface area contributed by atoms with E-state index in [9.17, 15) is 9.59 Å². The number of benzene rings is 1. The molecule has 6 nitrogen and oxygen atoms in total. The van der Waals surface area contributed by atoms with Crippen LogP contribution >= 0.6 is 23.2 Å². The molecule has 1 aromatic heterocycles. The van der Waals surface area contributed by atoms with Crippen molar-refractivity contribution in [2.45, 2.75) is 13.0 Å². The summed E-state index contributed by atoms with van der Waals surface area (Å²) < 4.78 is 15.4. The first-order chi connectivity index (χ1) is 11.9. The Bertz CT molecular complexity index is 759. The van der Waals surface area contributed by atoms with Gasteiger partial charge in [-0.2, -0.15) is 0 Å². The molecule has 134 valence electrons. The molecule has 0 saturated heterocycles. The molecule has 1 heterocycles. The lowest BCUT2D eigenvalue weighted by Gasteiger charge is -2.12. The molecule has 25 heavy (non-hydrogen) atoms. The molecule has 0 aliphatic heterocycles. The van der Waals surface area contributed by atoms with Crippen molar-refractivity contribution in [2.75, 3.05) is 20.3 Å². The van der Waals surface area contributed by atoms with E-state index in [4.69, 9.17) is 37.1 Å². The van der Waals surface area contributed by atoms with Gasteiger partial charge in [0.25, 0.3) is 5.91 Å². The standard InChI is InChI=1S/C17H17Cl2NO5/c1-10(16(21)20-8-9-23-2)24-17(22)14-7-6-13(25-14)11-4-3-5-12(18)15(11)19/h3-7,10H,8-9H2,1-2H3,(H,20,21)/t10-/m0/s1. The zero-order valence-corrected chi connectivity index (χ0v) is 15.2. The lowest BCUT2D eigenvalue weighted by molar-refractivity contribution is -0.129. The van der Waals surface area contributed by atoms with Crippen LogP contribution in [0.25, 0.3) is 11.3 Å². The number of carbonyl (C=O) groups excluding carboxylic acids is 2. The van der Waals surface area contributed by atoms with Gasteiger partial charge in [0.15, 0.2) is 6.10 Å². The van der Waals surface area contributed by atoms with E-state index in [0.29, 0.717) is 34.5 Å². The molecule has 8 heteroatoms. The van der Waals surface area contributed by atoms with Gasteiger partial charge < -0.3 is 19.2 Å². The van der Waals surface area contributed by atoms with Gasteiger partial charge in [0.05, 0.1) is 16.7 Å². The maximum Gasteiger partial charge on any atom is 0.375 e. The monoisotopic (exact) mass is 385 g/mol. The van der Waals surface area contributed by atoms with Gasteiger partial charge in [0, 0.05) is 19.2 Å². The normalized spacial score (nSPS) is 11.8. The Hall–Kier alpha value is -2.02. The molecule has 0 radical (unpaired) electrons. The molecule has 0 saturated carbocycles. The fourth-order valence-electron chi connectivity index (χ4n) is 1.98. The number of ether oxygens (including phenoxy) is 2. The number of nitrogens with one attached hydrogen (secondary N) is 1. The van der Waals surface area contributed by atoms with Gasteiger partial charge in [-0.3, -0.25) is 4.79 Å². The molecular weight excluding hydrogens is 369 g/mol. The van der Waals surface area contributed by atoms with Gasteiger partial charge in [-0.25, -0.2) is 4.79 Å². The third-order valence-electron chi connectivity index (χ3n) is 3.28. The van der Waals surface area contributed by atoms with Crippen molar-refractivity contribution in [3.05, 3.63) is 46.1 Å². The first kappa shape index (κ1) is 19.3. The minimum atomic E-state index is -0.965. The summed E-state index contributed by atoms with van der Waals surface area (Å²) in [6, 6.07) is 8.11. The van der Waals surface area contributed by atoms with Crippen molar-refractivity contribution in [2.24, 2.45) is 0 Å². The Labute approximate surface area is 155 Å². The Balaban J connectivity index is 2.03. The highest BCUT2D eigenvalue weighted by molar-refractivity contribution is 6.43. The maximum absolute atomic E-state index is 12.1. The van der Waals surface area contributed by atoms with E-state index in [0.717, 1.165) is 0 Å². The second-order valence-corrected chi connectivity index (χ2v) is 5.88. The van der Waals surface area contributed by atoms with Gasteiger partial charge in [-0.15, -0.1) is 0 Å². The van der Waals surface area contributed by atoms with Crippen LogP contribution < -0.4 is 5.32 Å². The summed E-state index contributed by atoms with van der Waals surface area (Å²) in [6.07, 6.45) is -0.965. The highest BCUT2D eigenvalue weighted by Crippen LogP contribution is 2.34. The van der Waals surface area contributed by atoms with Crippen molar-refractivity contribution in [1.29, 1.82) is 0 Å². The van der Waals surface area contributed by atoms with Crippen molar-refractivity contribution in [3.63, 3.8) is 0 Å². The molecule has 0 aliphatic carbocycles. The SMILES string of the molecule is COCCNC(=O)[C@H](C)OC(=O)c1ccc(-c2cccc(Cl)c2Cl)o1. The molecule has 0 spiro atoms. The molecular formula is C17H17Cl2NO5. The Morgan fingerprint density at radius 1 is 1.24 bits per heavy atom. The Kier molecular flexibility index (Phi) is 6.87. The number of methoxy groups -OCH3 is 1. The van der Waals surface area contributed by atoms with Crippen molar-refractivity contribution < 1.29 is 23.5 Å². The smallest absolute Gasteiger partial charge is 0.375 e. The number of rotatable bonds is 7. The molecule has 1 aromatic carbocycles. The first-order valence-corrected chi connectivity index (χ1v) is 8.21. The lowest BCUT2D eigenvalue weighted by Crippen LogP contribution is -2.37. The predicted molar refractivity (Wildman–Crippen MR) is 93.9 cm³/mol. The summed E-state index contributed by atoms with van der Waals surface area (Å²) in [5.74, 6) is -0.840. The number of esters is 1. The number of furan rings is 1. The quantitative estimate of drug-likeness (QED) is 0.582. The molecule has 1 N–H and O–H groups in total. The summed E-state index contributed by atoms with van der Waals surface area (Å²) in [4.78, 5) is 23.9. The number of halogens is 2. The van der Waals surface area contributed by atoms with Crippen LogP contribution in [0.1, 0.15) is 17.5 Å². The van der Waals surface area contributed by atoms with E-state index in [2.05, 4.69) is 5.32 Å². The van der Waals surface area contributed by atoms with E-state index >= 15 is 0 Å². The molecule has 1 atom stereocenters. The number of amides is 1. The summed E-state index contributed by atoms with van der Waals surface area (Å²) >= 11 is 12.1. The summed E-state index contributed by atoms with van der Waals surface area (Å²) in [5.41, 5.74) is 0.554. The van der Waals surface area contributed by atoms with Crippen LogP contribution in [0, 0.1) is 0 Å². The zero-order chi connectivity index (χ0) is 18.4. The highest BCUT2D eigenvalue weighted by Gasteiger charge is 2.21. The van der Waals surface area contributed by atoms with E-state index < -0.39 is 18.0 Å². The highest BCUT2D eigenvalue weighted by atomic mass is 35.5. The summed E-state index contributed by atoms with van der Waals surface area (Å²) in [7, 11) is 1.52. The molecule has 0 fully saturated rings. The second kappa shape index (κ2) is 8.89. The zero-order valence-electron chi connectivity index (χ0n) is 13.7. The summed E-state index contributed by atoms with van der Waals surface area (Å²) in [6.45, 7) is 2.17. The van der Waals surface area contributed by atoms with Crippen molar-refractivity contribution in [3.8, 4) is 11.3 Å². The fraction of sp³-hybridized carbons (Fsp3) is 0.294. The van der Waals surface area contributed by atoms with E-state index in [-0.39, 0.29) is 5.76 Å². The van der Waals surface area contributed by atoms with Gasteiger partial charge >= 0.3 is 5.97 Å². The van der Waals surface area contributed by atoms with Crippen LogP contribution in [0.15, 0.2) is 34.7 Å². The van der Waals surface area contributed by atoms with Crippen LogP contribution in [0.4, 0.5) is 0 Å². The van der Waals surface area contributed by atoms with E-state index in [1.54, 1.807) is 24.3 Å². The van der Waals surface area contributed by atoms with Crippen LogP contribution in [0.5, 0.6) is 0 Å². The van der Waals surface area contributed by atoms with Gasteiger partial charge in [0.2, 0.25) is 5.76 Å². The fourth-order valence-corrected chi connectivity index (χ4v) is 2.37. The molecule has 0 unspecified atom stereocenters. The molecule has 2 rings (SSSR count). The Morgan fingerprint density at radius 2 is 2.00 bits per heavy atom. The third kappa shape index (κ3) is 4.98. The number of hydrogen-bond acceptors (Lipinski definition) is 5. The average Bonchev–Trinajstić information content (AvgIpc) is 3.07. The van der Waals surface area contributed by atoms with Crippen LogP contribution in [0.2, 0.25) is 10.0 Å². The first-order valence-electron chi connectivity index (χ1n) is 7.46. The van der Waals surface area contributed by atoms with Crippen LogP contribution in [-0.4, -0.2) is 38.2 Å². The molecule has 1 amide bonds. The number of carbonyl (C=O) groups is 2. The van der Waals surface area contributed by atoms with Gasteiger partial charge in [-0.1, -0.05) is 29.3 Å². The topological polar surface area (TPSA) is 77.8 Å². The molecule has 2 aromatic rings. The van der Waals surface area contributed by atoms with E-state index in [1.807, 2.05) is 0 Å². The lowest BCUT2D eigenvalue weighted by atomic mass is 10.2. The van der Waals surface area contributed by atoms with Crippen molar-refractivity contribution >= 4 is 35.1 Å². The molecule has 0 bridgehead atoms. The Morgan fingerprint density at radius 3 is 2.72 bits per heavy atom. The number of hydrogen-bond donors (Lipinski definition) is 1. The van der Waals surface area contributed by atoms with E-state index in [1.165, 1.54) is 20.1 Å². The average molecular weight is 386 g/mol. The largest absolute Gasteiger partial charge is 0.449 e. The molecule has 0 aliphatic rings. The van der Waals surface area contributed by atoms with Gasteiger partial charge in [-0.05, 0) is 31.2 Å². The summed E-state index contributed by atoms with van der Waals surface area (Å²) in [5, 5.41) is 3.28. The minimum Gasteiger partial charge on any atom is -0.449 e. The van der Waals surface area contributed by atoms with Gasteiger partial charge in [0.1, 0.15) is 5.76 Å². The third-order valence-corrected chi connectivity index (χ3v) is 4.10. The van der Waals surface area contributed by atoms with Crippen LogP contribution in [0.3, 0.4) is 0 Å². The minimum absolute atomic E-state index is 0.0393. The second-order valence-electron chi connectivity index (χ2n) is 5.10. The van der Waals surface area contributed by atoms with Crippen molar-refractivity contribution in [1.82, 2.24) is 5.32 Å². The maximum atomic E-state index is 12.1. The van der Waals surface area contributed by atoms with Crippen LogP contribution in [-0.2, 0) is 14.3 Å².